The molecule has 1 rings (SSSR count). The first-order valence-electron chi connectivity index (χ1n) is 4.58. The minimum Gasteiger partial charge on any atom is -0.507 e. The number of esters is 1. The molecule has 0 aromatic heterocycles. The molecule has 19 heavy (non-hydrogen) atoms. The molecule has 1 aromatic rings. The summed E-state index contributed by atoms with van der Waals surface area (Å²) in [4.78, 5) is 11.1. The number of hydrogen-bond acceptors (Lipinski definition) is 3. The molecule has 0 bridgehead atoms. The quantitative estimate of drug-likeness (QED) is 0.637. The van der Waals surface area contributed by atoms with E-state index in [9.17, 15) is 31.1 Å². The highest BCUT2D eigenvalue weighted by molar-refractivity contribution is 5.92. The third-order valence-corrected chi connectivity index (χ3v) is 2.16. The third kappa shape index (κ3) is 2.91. The minimum atomic E-state index is -5.48. The molecule has 0 amide bonds. The van der Waals surface area contributed by atoms with E-state index in [0.29, 0.717) is 12.1 Å². The number of phenolic OH excluding ortho intramolecular Hbond substituents is 1. The fourth-order valence-electron chi connectivity index (χ4n) is 1.45. The SMILES string of the molecule is COC(=O)c1ccc(O)c(C(F)(F)F)c1C(F)(F)F. The van der Waals surface area contributed by atoms with Gasteiger partial charge in [-0.25, -0.2) is 4.79 Å². The number of alkyl halides is 6. The average Bonchev–Trinajstić information content (AvgIpc) is 2.24. The van der Waals surface area contributed by atoms with E-state index in [1.54, 1.807) is 0 Å². The Bertz CT molecular complexity index is 503. The van der Waals surface area contributed by atoms with Gasteiger partial charge < -0.3 is 9.84 Å². The predicted molar refractivity (Wildman–Crippen MR) is 49.5 cm³/mol. The van der Waals surface area contributed by atoms with Crippen LogP contribution in [0.2, 0.25) is 0 Å². The zero-order chi connectivity index (χ0) is 15.0. The summed E-state index contributed by atoms with van der Waals surface area (Å²) in [5.74, 6) is -3.20. The number of ether oxygens (including phenoxy) is 1. The van der Waals surface area contributed by atoms with Gasteiger partial charge in [-0.15, -0.1) is 0 Å². The predicted octanol–water partition coefficient (Wildman–Crippen LogP) is 3.22. The van der Waals surface area contributed by atoms with Crippen molar-refractivity contribution < 1.29 is 41.0 Å². The molecule has 9 heteroatoms. The summed E-state index contributed by atoms with van der Waals surface area (Å²) in [5, 5.41) is 9.00. The molecule has 3 nitrogen and oxygen atoms in total. The van der Waals surface area contributed by atoms with Crippen LogP contribution in [-0.2, 0) is 17.1 Å². The molecule has 0 heterocycles. The second-order valence-corrected chi connectivity index (χ2v) is 3.37. The van der Waals surface area contributed by atoms with Gasteiger partial charge in [0.2, 0.25) is 0 Å². The fraction of sp³-hybridized carbons (Fsp3) is 0.300. The van der Waals surface area contributed by atoms with Crippen LogP contribution < -0.4 is 0 Å². The summed E-state index contributed by atoms with van der Waals surface area (Å²) in [5.41, 5.74) is -5.91. The van der Waals surface area contributed by atoms with Crippen LogP contribution in [0.25, 0.3) is 0 Å². The van der Waals surface area contributed by atoms with E-state index in [1.807, 2.05) is 0 Å². The van der Waals surface area contributed by atoms with Crippen molar-refractivity contribution in [1.29, 1.82) is 0 Å². The molecule has 0 unspecified atom stereocenters. The maximum absolute atomic E-state index is 12.7. The van der Waals surface area contributed by atoms with Crippen molar-refractivity contribution in [2.45, 2.75) is 12.4 Å². The second-order valence-electron chi connectivity index (χ2n) is 3.37. The smallest absolute Gasteiger partial charge is 0.420 e. The Morgan fingerprint density at radius 2 is 1.53 bits per heavy atom. The van der Waals surface area contributed by atoms with Crippen molar-refractivity contribution in [1.82, 2.24) is 0 Å². The number of benzene rings is 1. The van der Waals surface area contributed by atoms with Crippen molar-refractivity contribution in [3.63, 3.8) is 0 Å². The number of carbonyl (C=O) groups excluding carboxylic acids is 1. The lowest BCUT2D eigenvalue weighted by Gasteiger charge is -2.19. The molecule has 0 atom stereocenters. The Balaban J connectivity index is 3.76. The van der Waals surface area contributed by atoms with E-state index >= 15 is 0 Å². The summed E-state index contributed by atoms with van der Waals surface area (Å²) in [6.07, 6.45) is -11.0. The van der Waals surface area contributed by atoms with Gasteiger partial charge in [-0.3, -0.25) is 0 Å². The average molecular weight is 288 g/mol. The molecule has 106 valence electrons. The minimum absolute atomic E-state index is 0.352. The molecule has 0 saturated carbocycles. The summed E-state index contributed by atoms with van der Waals surface area (Å²) in [6.45, 7) is 0. The van der Waals surface area contributed by atoms with Gasteiger partial charge in [0.05, 0.1) is 18.2 Å². The van der Waals surface area contributed by atoms with Crippen LogP contribution in [0.15, 0.2) is 12.1 Å². The topological polar surface area (TPSA) is 46.5 Å². The summed E-state index contributed by atoms with van der Waals surface area (Å²) < 4.78 is 79.8. The Labute approximate surface area is 102 Å². The van der Waals surface area contributed by atoms with Gasteiger partial charge in [0.1, 0.15) is 11.3 Å². The zero-order valence-electron chi connectivity index (χ0n) is 9.19. The molecule has 1 N–H and O–H groups in total. The number of carbonyl (C=O) groups is 1. The summed E-state index contributed by atoms with van der Waals surface area (Å²) in [6, 6.07) is 0.767. The third-order valence-electron chi connectivity index (χ3n) is 2.16. The van der Waals surface area contributed by atoms with Crippen molar-refractivity contribution in [3.8, 4) is 5.75 Å². The molecule has 0 fully saturated rings. The lowest BCUT2D eigenvalue weighted by molar-refractivity contribution is -0.163. The lowest BCUT2D eigenvalue weighted by atomic mass is 9.99. The molecule has 0 saturated heterocycles. The van der Waals surface area contributed by atoms with Crippen molar-refractivity contribution in [2.24, 2.45) is 0 Å². The van der Waals surface area contributed by atoms with E-state index < -0.39 is 40.8 Å². The zero-order valence-corrected chi connectivity index (χ0v) is 9.19. The standard InChI is InChI=1S/C10H6F6O3/c1-19-8(18)4-2-3-5(17)7(10(14,15)16)6(4)9(11,12)13/h2-3,17H,1H3. The number of rotatable bonds is 1. The van der Waals surface area contributed by atoms with Crippen LogP contribution in [0.4, 0.5) is 26.3 Å². The number of phenols is 1. The first-order valence-corrected chi connectivity index (χ1v) is 4.58. The summed E-state index contributed by atoms with van der Waals surface area (Å²) in [7, 11) is 0.725. The number of hydrogen-bond donors (Lipinski definition) is 1. The molecule has 0 spiro atoms. The van der Waals surface area contributed by atoms with E-state index in [1.165, 1.54) is 0 Å². The Hall–Kier alpha value is -1.93. The van der Waals surface area contributed by atoms with Crippen LogP contribution in [0.1, 0.15) is 21.5 Å². The van der Waals surface area contributed by atoms with E-state index in [-0.39, 0.29) is 0 Å². The van der Waals surface area contributed by atoms with Crippen LogP contribution in [0, 0.1) is 0 Å². The normalized spacial score (nSPS) is 12.4. The largest absolute Gasteiger partial charge is 0.507 e. The monoisotopic (exact) mass is 288 g/mol. The van der Waals surface area contributed by atoms with E-state index in [0.717, 1.165) is 7.11 Å². The molecule has 1 aromatic carbocycles. The first kappa shape index (κ1) is 15.1. The molecular weight excluding hydrogens is 282 g/mol. The van der Waals surface area contributed by atoms with Crippen molar-refractivity contribution in [3.05, 3.63) is 28.8 Å². The number of aromatic hydroxyl groups is 1. The van der Waals surface area contributed by atoms with Crippen LogP contribution in [-0.4, -0.2) is 18.2 Å². The molecule has 0 aliphatic carbocycles. The van der Waals surface area contributed by atoms with Gasteiger partial charge in [0, 0.05) is 0 Å². The second kappa shape index (κ2) is 4.63. The van der Waals surface area contributed by atoms with Gasteiger partial charge in [0.15, 0.2) is 0 Å². The molecular formula is C10H6F6O3. The van der Waals surface area contributed by atoms with E-state index in [2.05, 4.69) is 4.74 Å². The number of methoxy groups -OCH3 is 1. The highest BCUT2D eigenvalue weighted by atomic mass is 19.4. The van der Waals surface area contributed by atoms with Crippen LogP contribution >= 0.6 is 0 Å². The van der Waals surface area contributed by atoms with Crippen LogP contribution in [0.3, 0.4) is 0 Å². The molecule has 0 aliphatic heterocycles. The maximum atomic E-state index is 12.7. The van der Waals surface area contributed by atoms with Crippen molar-refractivity contribution >= 4 is 5.97 Å². The van der Waals surface area contributed by atoms with Crippen LogP contribution in [0.5, 0.6) is 5.75 Å². The van der Waals surface area contributed by atoms with Gasteiger partial charge >= 0.3 is 18.3 Å². The summed E-state index contributed by atoms with van der Waals surface area (Å²) >= 11 is 0. The highest BCUT2D eigenvalue weighted by Gasteiger charge is 2.48. The van der Waals surface area contributed by atoms with Crippen molar-refractivity contribution in [2.75, 3.05) is 7.11 Å². The Morgan fingerprint density at radius 1 is 1.05 bits per heavy atom. The van der Waals surface area contributed by atoms with Gasteiger partial charge in [-0.1, -0.05) is 0 Å². The first-order chi connectivity index (χ1) is 8.50. The Morgan fingerprint density at radius 3 is 1.89 bits per heavy atom. The van der Waals surface area contributed by atoms with Gasteiger partial charge in [-0.05, 0) is 12.1 Å². The number of halogens is 6. The molecule has 0 aliphatic rings. The van der Waals surface area contributed by atoms with Gasteiger partial charge in [0.25, 0.3) is 0 Å². The van der Waals surface area contributed by atoms with Gasteiger partial charge in [-0.2, -0.15) is 26.3 Å². The maximum Gasteiger partial charge on any atom is 0.420 e. The highest BCUT2D eigenvalue weighted by Crippen LogP contribution is 2.46. The lowest BCUT2D eigenvalue weighted by Crippen LogP contribution is -2.21. The fourth-order valence-corrected chi connectivity index (χ4v) is 1.45. The molecule has 0 radical (unpaired) electrons. The Kier molecular flexibility index (Phi) is 3.69. The van der Waals surface area contributed by atoms with E-state index in [4.69, 9.17) is 5.11 Å².